The first-order valence-electron chi connectivity index (χ1n) is 10.6. The summed E-state index contributed by atoms with van der Waals surface area (Å²) in [7, 11) is 0. The molecule has 7 heteroatoms. The summed E-state index contributed by atoms with van der Waals surface area (Å²) in [5.74, 6) is 0.454. The molecule has 1 aliphatic heterocycles. The number of nitrogens with one attached hydrogen (secondary N) is 2. The van der Waals surface area contributed by atoms with Gasteiger partial charge in [-0.2, -0.15) is 0 Å². The van der Waals surface area contributed by atoms with Crippen LogP contribution in [0.2, 0.25) is 0 Å². The number of carbonyl (C=O) groups is 2. The van der Waals surface area contributed by atoms with E-state index in [0.29, 0.717) is 25.6 Å². The fraction of sp³-hybridized carbons (Fsp3) is 0.478. The van der Waals surface area contributed by atoms with E-state index in [2.05, 4.69) is 40.3 Å². The monoisotopic (exact) mass is 428 g/mol. The SMILES string of the molecule is CC(C)C(NC(=O)CN1CCN(CC(=O)NCc2ccccc2)CC1)c1cccs1. The maximum Gasteiger partial charge on any atom is 0.234 e. The van der Waals surface area contributed by atoms with Gasteiger partial charge in [0.1, 0.15) is 0 Å². The van der Waals surface area contributed by atoms with Crippen LogP contribution in [-0.4, -0.2) is 60.9 Å². The number of thiophene rings is 1. The molecule has 6 nitrogen and oxygen atoms in total. The summed E-state index contributed by atoms with van der Waals surface area (Å²) >= 11 is 1.68. The minimum absolute atomic E-state index is 0.0424. The second-order valence-electron chi connectivity index (χ2n) is 8.12. The number of piperazine rings is 1. The molecule has 1 unspecified atom stereocenters. The van der Waals surface area contributed by atoms with Gasteiger partial charge in [-0.05, 0) is 22.9 Å². The Hall–Kier alpha value is -2.22. The van der Waals surface area contributed by atoms with E-state index in [9.17, 15) is 9.59 Å². The maximum atomic E-state index is 12.6. The zero-order valence-corrected chi connectivity index (χ0v) is 18.7. The molecule has 1 saturated heterocycles. The van der Waals surface area contributed by atoms with Gasteiger partial charge in [0.25, 0.3) is 0 Å². The molecule has 3 rings (SSSR count). The molecule has 162 valence electrons. The third kappa shape index (κ3) is 6.93. The molecular formula is C23H32N4O2S. The highest BCUT2D eigenvalue weighted by atomic mass is 32.1. The topological polar surface area (TPSA) is 64.7 Å². The van der Waals surface area contributed by atoms with Gasteiger partial charge in [0.05, 0.1) is 19.1 Å². The minimum Gasteiger partial charge on any atom is -0.351 e. The van der Waals surface area contributed by atoms with Crippen molar-refractivity contribution in [2.24, 2.45) is 5.92 Å². The Bertz CT molecular complexity index is 787. The lowest BCUT2D eigenvalue weighted by molar-refractivity contribution is -0.125. The zero-order valence-electron chi connectivity index (χ0n) is 17.8. The predicted octanol–water partition coefficient (Wildman–Crippen LogP) is 2.50. The number of hydrogen-bond acceptors (Lipinski definition) is 5. The highest BCUT2D eigenvalue weighted by molar-refractivity contribution is 7.10. The molecule has 0 spiro atoms. The summed E-state index contributed by atoms with van der Waals surface area (Å²) in [5, 5.41) is 8.22. The number of hydrogen-bond donors (Lipinski definition) is 2. The van der Waals surface area contributed by atoms with E-state index in [-0.39, 0.29) is 17.9 Å². The fourth-order valence-electron chi connectivity index (χ4n) is 3.62. The molecule has 0 bridgehead atoms. The third-order valence-corrected chi connectivity index (χ3v) is 6.32. The standard InChI is InChI=1S/C23H32N4O2S/c1-18(2)23(20-9-6-14-30-20)25-22(29)17-27-12-10-26(11-13-27)16-21(28)24-15-19-7-4-3-5-8-19/h3-9,14,18,23H,10-13,15-17H2,1-2H3,(H,24,28)(H,25,29). The normalized spacial score (nSPS) is 16.4. The van der Waals surface area contributed by atoms with Crippen molar-refractivity contribution in [2.75, 3.05) is 39.3 Å². The van der Waals surface area contributed by atoms with E-state index in [4.69, 9.17) is 0 Å². The molecule has 2 aromatic rings. The molecule has 2 amide bonds. The van der Waals surface area contributed by atoms with Crippen LogP contribution in [0, 0.1) is 5.92 Å². The lowest BCUT2D eigenvalue weighted by Crippen LogP contribution is -2.51. The second-order valence-corrected chi connectivity index (χ2v) is 9.10. The molecular weight excluding hydrogens is 396 g/mol. The molecule has 1 atom stereocenters. The third-order valence-electron chi connectivity index (χ3n) is 5.36. The summed E-state index contributed by atoms with van der Waals surface area (Å²) in [6.07, 6.45) is 0. The Morgan fingerprint density at radius 1 is 0.933 bits per heavy atom. The van der Waals surface area contributed by atoms with Crippen molar-refractivity contribution in [1.29, 1.82) is 0 Å². The van der Waals surface area contributed by atoms with Crippen molar-refractivity contribution in [3.05, 3.63) is 58.3 Å². The second kappa shape index (κ2) is 11.2. The van der Waals surface area contributed by atoms with E-state index < -0.39 is 0 Å². The number of nitrogens with zero attached hydrogens (tertiary/aromatic N) is 2. The Kier molecular flexibility index (Phi) is 8.42. The molecule has 0 radical (unpaired) electrons. The highest BCUT2D eigenvalue weighted by Crippen LogP contribution is 2.25. The molecule has 1 fully saturated rings. The lowest BCUT2D eigenvalue weighted by atomic mass is 10.0. The van der Waals surface area contributed by atoms with Crippen molar-refractivity contribution in [2.45, 2.75) is 26.4 Å². The number of carbonyl (C=O) groups excluding carboxylic acids is 2. The zero-order chi connectivity index (χ0) is 21.3. The van der Waals surface area contributed by atoms with Crippen LogP contribution in [0.1, 0.15) is 30.3 Å². The van der Waals surface area contributed by atoms with Gasteiger partial charge < -0.3 is 10.6 Å². The smallest absolute Gasteiger partial charge is 0.234 e. The van der Waals surface area contributed by atoms with Crippen molar-refractivity contribution in [1.82, 2.24) is 20.4 Å². The van der Waals surface area contributed by atoms with Gasteiger partial charge in [-0.25, -0.2) is 0 Å². The van der Waals surface area contributed by atoms with Crippen LogP contribution >= 0.6 is 11.3 Å². The van der Waals surface area contributed by atoms with Gasteiger partial charge in [-0.3, -0.25) is 19.4 Å². The summed E-state index contributed by atoms with van der Waals surface area (Å²) in [5.41, 5.74) is 1.10. The Balaban J connectivity index is 1.36. The van der Waals surface area contributed by atoms with Crippen molar-refractivity contribution >= 4 is 23.2 Å². The number of amides is 2. The van der Waals surface area contributed by atoms with E-state index >= 15 is 0 Å². The van der Waals surface area contributed by atoms with Crippen LogP contribution in [-0.2, 0) is 16.1 Å². The molecule has 1 aromatic carbocycles. The van der Waals surface area contributed by atoms with E-state index in [1.807, 2.05) is 41.8 Å². The van der Waals surface area contributed by atoms with Crippen LogP contribution in [0.4, 0.5) is 0 Å². The molecule has 1 aliphatic rings. The van der Waals surface area contributed by atoms with Gasteiger partial charge in [0, 0.05) is 37.6 Å². The molecule has 0 saturated carbocycles. The summed E-state index contributed by atoms with van der Waals surface area (Å²) < 4.78 is 0. The van der Waals surface area contributed by atoms with E-state index in [1.165, 1.54) is 4.88 Å². The van der Waals surface area contributed by atoms with Gasteiger partial charge >= 0.3 is 0 Å². The molecule has 2 heterocycles. The van der Waals surface area contributed by atoms with Crippen molar-refractivity contribution < 1.29 is 9.59 Å². The van der Waals surface area contributed by atoms with E-state index in [1.54, 1.807) is 11.3 Å². The molecule has 1 aromatic heterocycles. The lowest BCUT2D eigenvalue weighted by Gasteiger charge is -2.34. The fourth-order valence-corrected chi connectivity index (χ4v) is 4.57. The highest BCUT2D eigenvalue weighted by Gasteiger charge is 2.23. The van der Waals surface area contributed by atoms with Gasteiger partial charge in [0.15, 0.2) is 0 Å². The average Bonchev–Trinajstić information content (AvgIpc) is 3.27. The van der Waals surface area contributed by atoms with Crippen LogP contribution in [0.3, 0.4) is 0 Å². The number of benzene rings is 1. The molecule has 0 aliphatic carbocycles. The van der Waals surface area contributed by atoms with Crippen LogP contribution < -0.4 is 10.6 Å². The first kappa shape index (κ1) is 22.5. The Morgan fingerprint density at radius 2 is 1.57 bits per heavy atom. The van der Waals surface area contributed by atoms with Crippen LogP contribution in [0.25, 0.3) is 0 Å². The Morgan fingerprint density at radius 3 is 2.13 bits per heavy atom. The molecule has 2 N–H and O–H groups in total. The van der Waals surface area contributed by atoms with Gasteiger partial charge in [-0.15, -0.1) is 11.3 Å². The van der Waals surface area contributed by atoms with E-state index in [0.717, 1.165) is 31.7 Å². The quantitative estimate of drug-likeness (QED) is 0.644. The summed E-state index contributed by atoms with van der Waals surface area (Å²) in [4.78, 5) is 30.3. The van der Waals surface area contributed by atoms with Crippen molar-refractivity contribution in [3.63, 3.8) is 0 Å². The maximum absolute atomic E-state index is 12.6. The van der Waals surface area contributed by atoms with Crippen LogP contribution in [0.5, 0.6) is 0 Å². The number of rotatable bonds is 9. The minimum atomic E-state index is 0.0424. The van der Waals surface area contributed by atoms with Gasteiger partial charge in [0.2, 0.25) is 11.8 Å². The molecule has 30 heavy (non-hydrogen) atoms. The summed E-state index contributed by atoms with van der Waals surface area (Å²) in [6.45, 7) is 8.81. The Labute approximate surface area is 183 Å². The predicted molar refractivity (Wildman–Crippen MR) is 121 cm³/mol. The largest absolute Gasteiger partial charge is 0.351 e. The first-order chi connectivity index (χ1) is 14.5. The average molecular weight is 429 g/mol. The first-order valence-corrected chi connectivity index (χ1v) is 11.5. The van der Waals surface area contributed by atoms with Crippen LogP contribution in [0.15, 0.2) is 47.8 Å². The van der Waals surface area contributed by atoms with Gasteiger partial charge in [-0.1, -0.05) is 50.2 Å². The van der Waals surface area contributed by atoms with Crippen molar-refractivity contribution in [3.8, 4) is 0 Å². The summed E-state index contributed by atoms with van der Waals surface area (Å²) in [6, 6.07) is 14.1.